The standard InChI is InChI=1S/C13H11N3O.C2H6O/c1-9-6-7-13(17)12(8-9)16-14-10-4-2-3-5-11(10)15-16;1-2-3/h2-8,17H,1H3;3H,2H2,1H3. The van der Waals surface area contributed by atoms with Crippen LogP contribution in [0.5, 0.6) is 5.75 Å². The molecular formula is C15H17N3O2. The second kappa shape index (κ2) is 6.16. The highest BCUT2D eigenvalue weighted by atomic mass is 16.3. The number of aryl methyl sites for hydroxylation is 1. The molecular weight excluding hydrogens is 254 g/mol. The summed E-state index contributed by atoms with van der Waals surface area (Å²) in [4.78, 5) is 1.47. The van der Waals surface area contributed by atoms with Crippen molar-refractivity contribution in [2.24, 2.45) is 0 Å². The molecule has 0 unspecified atom stereocenters. The van der Waals surface area contributed by atoms with Crippen molar-refractivity contribution in [1.82, 2.24) is 15.0 Å². The summed E-state index contributed by atoms with van der Waals surface area (Å²) in [5.41, 5.74) is 3.28. The zero-order chi connectivity index (χ0) is 14.5. The van der Waals surface area contributed by atoms with E-state index in [0.717, 1.165) is 16.6 Å². The molecule has 3 aromatic rings. The fraction of sp³-hybridized carbons (Fsp3) is 0.200. The lowest BCUT2D eigenvalue weighted by atomic mass is 10.2. The van der Waals surface area contributed by atoms with Crippen molar-refractivity contribution < 1.29 is 10.2 Å². The van der Waals surface area contributed by atoms with Crippen LogP contribution >= 0.6 is 0 Å². The van der Waals surface area contributed by atoms with Gasteiger partial charge in [-0.3, -0.25) is 0 Å². The third-order valence-corrected chi connectivity index (χ3v) is 2.63. The average Bonchev–Trinajstić information content (AvgIpc) is 2.86. The number of phenolic OH excluding ortho intramolecular Hbond substituents is 1. The molecule has 1 heterocycles. The molecule has 0 atom stereocenters. The van der Waals surface area contributed by atoms with Gasteiger partial charge in [0.2, 0.25) is 0 Å². The molecule has 2 N–H and O–H groups in total. The third kappa shape index (κ3) is 2.95. The second-order valence-corrected chi connectivity index (χ2v) is 4.29. The third-order valence-electron chi connectivity index (χ3n) is 2.63. The van der Waals surface area contributed by atoms with Crippen LogP contribution < -0.4 is 0 Å². The van der Waals surface area contributed by atoms with Gasteiger partial charge in [0, 0.05) is 6.61 Å². The Hall–Kier alpha value is -2.40. The SMILES string of the molecule is CCO.Cc1ccc(O)c(-n2nc3ccccc3n2)c1. The molecule has 0 saturated heterocycles. The lowest BCUT2D eigenvalue weighted by Gasteiger charge is -2.03. The topological polar surface area (TPSA) is 71.2 Å². The first-order chi connectivity index (χ1) is 9.65. The molecule has 0 aliphatic carbocycles. The molecule has 0 spiro atoms. The van der Waals surface area contributed by atoms with Gasteiger partial charge >= 0.3 is 0 Å². The Bertz CT molecular complexity index is 674. The van der Waals surface area contributed by atoms with E-state index < -0.39 is 0 Å². The highest BCUT2D eigenvalue weighted by molar-refractivity contribution is 5.73. The van der Waals surface area contributed by atoms with Gasteiger partial charge in [-0.05, 0) is 43.7 Å². The van der Waals surface area contributed by atoms with Crippen LogP contribution in [0.15, 0.2) is 42.5 Å². The summed E-state index contributed by atoms with van der Waals surface area (Å²) in [5.74, 6) is 0.177. The van der Waals surface area contributed by atoms with Gasteiger partial charge in [-0.25, -0.2) is 0 Å². The van der Waals surface area contributed by atoms with Gasteiger partial charge < -0.3 is 10.2 Å². The number of fused-ring (bicyclic) bond motifs is 1. The minimum atomic E-state index is 0.177. The quantitative estimate of drug-likeness (QED) is 0.713. The van der Waals surface area contributed by atoms with E-state index in [1.807, 2.05) is 43.3 Å². The first kappa shape index (κ1) is 14.0. The number of aliphatic hydroxyl groups is 1. The molecule has 0 aliphatic rings. The van der Waals surface area contributed by atoms with Gasteiger partial charge in [0.1, 0.15) is 22.5 Å². The van der Waals surface area contributed by atoms with E-state index >= 15 is 0 Å². The van der Waals surface area contributed by atoms with Crippen LogP contribution in [0.1, 0.15) is 12.5 Å². The highest BCUT2D eigenvalue weighted by Crippen LogP contribution is 2.22. The zero-order valence-electron chi connectivity index (χ0n) is 11.5. The predicted octanol–water partition coefficient (Wildman–Crippen LogP) is 2.43. The normalized spacial score (nSPS) is 10.2. The van der Waals surface area contributed by atoms with E-state index in [9.17, 15) is 5.11 Å². The Morgan fingerprint density at radius 3 is 2.15 bits per heavy atom. The van der Waals surface area contributed by atoms with Crippen molar-refractivity contribution in [2.45, 2.75) is 13.8 Å². The molecule has 0 saturated carbocycles. The zero-order valence-corrected chi connectivity index (χ0v) is 11.5. The monoisotopic (exact) mass is 271 g/mol. The first-order valence-corrected chi connectivity index (χ1v) is 6.38. The van der Waals surface area contributed by atoms with Crippen molar-refractivity contribution in [1.29, 1.82) is 0 Å². The lowest BCUT2D eigenvalue weighted by molar-refractivity contribution is 0.318. The molecule has 0 bridgehead atoms. The van der Waals surface area contributed by atoms with Crippen molar-refractivity contribution >= 4 is 11.0 Å². The number of benzene rings is 2. The van der Waals surface area contributed by atoms with Gasteiger partial charge in [-0.2, -0.15) is 0 Å². The molecule has 20 heavy (non-hydrogen) atoms. The average molecular weight is 271 g/mol. The number of aromatic nitrogens is 3. The minimum Gasteiger partial charge on any atom is -0.506 e. The van der Waals surface area contributed by atoms with Crippen LogP contribution in [0.2, 0.25) is 0 Å². The van der Waals surface area contributed by atoms with E-state index in [1.54, 1.807) is 13.0 Å². The van der Waals surface area contributed by atoms with Crippen LogP contribution in [0.3, 0.4) is 0 Å². The molecule has 0 radical (unpaired) electrons. The molecule has 5 nitrogen and oxygen atoms in total. The molecule has 2 aromatic carbocycles. The number of aromatic hydroxyl groups is 1. The summed E-state index contributed by atoms with van der Waals surface area (Å²) < 4.78 is 0. The number of hydrogen-bond donors (Lipinski definition) is 2. The number of phenols is 1. The largest absolute Gasteiger partial charge is 0.506 e. The summed E-state index contributed by atoms with van der Waals surface area (Å²) in [6.45, 7) is 3.89. The van der Waals surface area contributed by atoms with Gasteiger partial charge in [0.25, 0.3) is 0 Å². The van der Waals surface area contributed by atoms with E-state index in [2.05, 4.69) is 10.2 Å². The summed E-state index contributed by atoms with van der Waals surface area (Å²) in [6, 6.07) is 13.0. The second-order valence-electron chi connectivity index (χ2n) is 4.29. The van der Waals surface area contributed by atoms with E-state index in [4.69, 9.17) is 5.11 Å². The smallest absolute Gasteiger partial charge is 0.143 e. The maximum atomic E-state index is 9.81. The summed E-state index contributed by atoms with van der Waals surface area (Å²) >= 11 is 0. The van der Waals surface area contributed by atoms with E-state index in [1.165, 1.54) is 4.80 Å². The summed E-state index contributed by atoms with van der Waals surface area (Å²) in [7, 11) is 0. The Morgan fingerprint density at radius 2 is 1.60 bits per heavy atom. The van der Waals surface area contributed by atoms with Gasteiger partial charge in [0.05, 0.1) is 0 Å². The minimum absolute atomic E-state index is 0.177. The van der Waals surface area contributed by atoms with Crippen molar-refractivity contribution in [2.75, 3.05) is 6.61 Å². The lowest BCUT2D eigenvalue weighted by Crippen LogP contribution is -1.99. The fourth-order valence-electron chi connectivity index (χ4n) is 1.76. The van der Waals surface area contributed by atoms with E-state index in [-0.39, 0.29) is 12.4 Å². The molecule has 0 amide bonds. The number of aliphatic hydroxyl groups excluding tert-OH is 1. The maximum Gasteiger partial charge on any atom is 0.143 e. The van der Waals surface area contributed by atoms with Crippen LogP contribution in [-0.4, -0.2) is 31.8 Å². The van der Waals surface area contributed by atoms with Gasteiger partial charge in [-0.15, -0.1) is 15.0 Å². The number of nitrogens with zero attached hydrogens (tertiary/aromatic N) is 3. The Labute approximate surface area is 117 Å². The molecule has 1 aromatic heterocycles. The number of rotatable bonds is 1. The highest BCUT2D eigenvalue weighted by Gasteiger charge is 2.08. The molecule has 3 rings (SSSR count). The molecule has 104 valence electrons. The molecule has 0 fully saturated rings. The van der Waals surface area contributed by atoms with Crippen molar-refractivity contribution in [3.05, 3.63) is 48.0 Å². The van der Waals surface area contributed by atoms with Crippen molar-refractivity contribution in [3.8, 4) is 11.4 Å². The van der Waals surface area contributed by atoms with Crippen LogP contribution in [0.4, 0.5) is 0 Å². The van der Waals surface area contributed by atoms with Crippen LogP contribution in [0.25, 0.3) is 16.7 Å². The predicted molar refractivity (Wildman–Crippen MR) is 78.0 cm³/mol. The van der Waals surface area contributed by atoms with Gasteiger partial charge in [-0.1, -0.05) is 18.2 Å². The Kier molecular flexibility index (Phi) is 4.32. The molecule has 0 aliphatic heterocycles. The van der Waals surface area contributed by atoms with Crippen LogP contribution in [-0.2, 0) is 0 Å². The van der Waals surface area contributed by atoms with E-state index in [0.29, 0.717) is 5.69 Å². The molecule has 5 heteroatoms. The van der Waals surface area contributed by atoms with Gasteiger partial charge in [0.15, 0.2) is 0 Å². The number of hydrogen-bond acceptors (Lipinski definition) is 4. The Morgan fingerprint density at radius 1 is 1.05 bits per heavy atom. The summed E-state index contributed by atoms with van der Waals surface area (Å²) in [6.07, 6.45) is 0. The Balaban J connectivity index is 0.000000452. The van der Waals surface area contributed by atoms with Crippen molar-refractivity contribution in [3.63, 3.8) is 0 Å². The van der Waals surface area contributed by atoms with Crippen LogP contribution in [0, 0.1) is 6.92 Å². The first-order valence-electron chi connectivity index (χ1n) is 6.38. The maximum absolute atomic E-state index is 9.81. The fourth-order valence-corrected chi connectivity index (χ4v) is 1.76. The summed E-state index contributed by atoms with van der Waals surface area (Å²) in [5, 5.41) is 26.0.